The molecule has 3 aromatic rings. The lowest BCUT2D eigenvalue weighted by molar-refractivity contribution is 0.711. The van der Waals surface area contributed by atoms with Gasteiger partial charge in [-0.25, -0.2) is 0 Å². The topological polar surface area (TPSA) is 37.0 Å². The van der Waals surface area contributed by atoms with Gasteiger partial charge in [-0.2, -0.15) is 0 Å². The normalized spacial score (nSPS) is 14.2. The fourth-order valence-electron chi connectivity index (χ4n) is 3.34. The van der Waals surface area contributed by atoms with E-state index in [1.807, 2.05) is 18.3 Å². The highest BCUT2D eigenvalue weighted by Gasteiger charge is 2.14. The molecule has 2 heterocycles. The van der Waals surface area contributed by atoms with Crippen LogP contribution in [0.5, 0.6) is 0 Å². The molecule has 0 amide bonds. The third kappa shape index (κ3) is 3.10. The van der Waals surface area contributed by atoms with E-state index in [2.05, 4.69) is 45.9 Å². The van der Waals surface area contributed by atoms with Crippen LogP contribution in [0.4, 0.5) is 5.69 Å². The molecule has 2 aromatic carbocycles. The van der Waals surface area contributed by atoms with E-state index in [9.17, 15) is 0 Å². The van der Waals surface area contributed by atoms with Gasteiger partial charge in [0.25, 0.3) is 0 Å². The number of anilines is 1. The average Bonchev–Trinajstić information content (AvgIpc) is 2.86. The van der Waals surface area contributed by atoms with E-state index < -0.39 is 0 Å². The van der Waals surface area contributed by atoms with Gasteiger partial charge in [0.2, 0.25) is 0 Å². The predicted molar refractivity (Wildman–Crippen MR) is 101 cm³/mol. The summed E-state index contributed by atoms with van der Waals surface area (Å²) in [7, 11) is 0. The molecule has 4 heteroatoms. The maximum atomic E-state index is 6.47. The lowest BCUT2D eigenvalue weighted by Gasteiger charge is -2.16. The van der Waals surface area contributed by atoms with Gasteiger partial charge in [-0.1, -0.05) is 41.9 Å². The van der Waals surface area contributed by atoms with Crippen molar-refractivity contribution in [2.45, 2.75) is 19.4 Å². The molecule has 3 nitrogen and oxygen atoms in total. The summed E-state index contributed by atoms with van der Waals surface area (Å²) in [5, 5.41) is 10.1. The Bertz CT molecular complexity index is 876. The van der Waals surface area contributed by atoms with Gasteiger partial charge in [0, 0.05) is 11.6 Å². The maximum absolute atomic E-state index is 6.47. The van der Waals surface area contributed by atoms with Gasteiger partial charge in [-0.15, -0.1) is 0 Å². The molecule has 0 saturated carbocycles. The summed E-state index contributed by atoms with van der Waals surface area (Å²) in [6.45, 7) is 2.70. The van der Waals surface area contributed by atoms with Gasteiger partial charge >= 0.3 is 0 Å². The summed E-state index contributed by atoms with van der Waals surface area (Å²) in [5.41, 5.74) is 4.81. The number of hydrogen-bond donors (Lipinski definition) is 2. The second-order valence-electron chi connectivity index (χ2n) is 6.19. The molecule has 0 radical (unpaired) electrons. The molecule has 0 unspecified atom stereocenters. The quantitative estimate of drug-likeness (QED) is 0.752. The number of nitrogens with zero attached hydrogens (tertiary/aromatic N) is 1. The van der Waals surface area contributed by atoms with Crippen molar-refractivity contribution in [3.8, 4) is 0 Å². The molecule has 0 bridgehead atoms. The fourth-order valence-corrected chi connectivity index (χ4v) is 3.58. The molecule has 0 fully saturated rings. The zero-order valence-electron chi connectivity index (χ0n) is 13.5. The smallest absolute Gasteiger partial charge is 0.0640 e. The Balaban J connectivity index is 1.60. The minimum Gasteiger partial charge on any atom is -0.378 e. The Hall–Kier alpha value is -2.10. The summed E-state index contributed by atoms with van der Waals surface area (Å²) >= 11 is 6.47. The number of benzene rings is 2. The van der Waals surface area contributed by atoms with E-state index >= 15 is 0 Å². The van der Waals surface area contributed by atoms with Gasteiger partial charge in [0.1, 0.15) is 0 Å². The van der Waals surface area contributed by atoms with Crippen molar-refractivity contribution < 1.29 is 0 Å². The lowest BCUT2D eigenvalue weighted by Crippen LogP contribution is -2.16. The summed E-state index contributed by atoms with van der Waals surface area (Å²) < 4.78 is 0. The average molecular weight is 338 g/mol. The Morgan fingerprint density at radius 1 is 1.04 bits per heavy atom. The Morgan fingerprint density at radius 2 is 1.88 bits per heavy atom. The van der Waals surface area contributed by atoms with Gasteiger partial charge in [0.05, 0.1) is 22.9 Å². The lowest BCUT2D eigenvalue weighted by atomic mass is 10.0. The van der Waals surface area contributed by atoms with Crippen molar-refractivity contribution in [3.63, 3.8) is 0 Å². The second-order valence-corrected chi connectivity index (χ2v) is 6.59. The van der Waals surface area contributed by atoms with E-state index in [0.29, 0.717) is 6.54 Å². The summed E-state index contributed by atoms with van der Waals surface area (Å²) in [5.74, 6) is 0. The molecule has 4 rings (SSSR count). The summed E-state index contributed by atoms with van der Waals surface area (Å²) in [6, 6.07) is 14.6. The first kappa shape index (κ1) is 15.4. The largest absolute Gasteiger partial charge is 0.378 e. The van der Waals surface area contributed by atoms with Crippen LogP contribution in [-0.4, -0.2) is 18.1 Å². The molecule has 0 saturated heterocycles. The highest BCUT2D eigenvalue weighted by Crippen LogP contribution is 2.31. The molecule has 1 aliphatic heterocycles. The molecule has 24 heavy (non-hydrogen) atoms. The molecule has 2 N–H and O–H groups in total. The van der Waals surface area contributed by atoms with Crippen LogP contribution in [0.15, 0.2) is 48.7 Å². The van der Waals surface area contributed by atoms with Crippen LogP contribution >= 0.6 is 11.6 Å². The van der Waals surface area contributed by atoms with Crippen molar-refractivity contribution >= 4 is 28.1 Å². The summed E-state index contributed by atoms with van der Waals surface area (Å²) in [4.78, 5) is 4.56. The van der Waals surface area contributed by atoms with Gasteiger partial charge in [0.15, 0.2) is 0 Å². The third-order valence-electron chi connectivity index (χ3n) is 4.62. The van der Waals surface area contributed by atoms with E-state index in [-0.39, 0.29) is 0 Å². The van der Waals surface area contributed by atoms with E-state index in [4.69, 9.17) is 11.6 Å². The van der Waals surface area contributed by atoms with Crippen LogP contribution in [-0.2, 0) is 19.4 Å². The molecular weight excluding hydrogens is 318 g/mol. The van der Waals surface area contributed by atoms with Crippen LogP contribution in [0.1, 0.15) is 16.8 Å². The Morgan fingerprint density at radius 3 is 2.79 bits per heavy atom. The van der Waals surface area contributed by atoms with Crippen molar-refractivity contribution in [1.29, 1.82) is 0 Å². The van der Waals surface area contributed by atoms with Crippen molar-refractivity contribution in [3.05, 3.63) is 70.5 Å². The number of fused-ring (bicyclic) bond motifs is 2. The molecule has 0 atom stereocenters. The van der Waals surface area contributed by atoms with Crippen LogP contribution in [0.25, 0.3) is 10.8 Å². The van der Waals surface area contributed by atoms with Gasteiger partial charge < -0.3 is 10.6 Å². The Labute approximate surface area is 147 Å². The molecular formula is C20H20ClN3. The fraction of sp³-hybridized carbons (Fsp3) is 0.250. The van der Waals surface area contributed by atoms with E-state index in [1.54, 1.807) is 0 Å². The zero-order chi connectivity index (χ0) is 16.4. The van der Waals surface area contributed by atoms with Crippen LogP contribution in [0.2, 0.25) is 5.02 Å². The molecule has 122 valence electrons. The number of halogens is 1. The van der Waals surface area contributed by atoms with Crippen LogP contribution in [0, 0.1) is 0 Å². The highest BCUT2D eigenvalue weighted by atomic mass is 35.5. The van der Waals surface area contributed by atoms with Gasteiger partial charge in [-0.3, -0.25) is 4.98 Å². The first-order valence-electron chi connectivity index (χ1n) is 8.40. The first-order valence-corrected chi connectivity index (χ1v) is 8.77. The molecule has 0 aliphatic carbocycles. The number of pyridine rings is 1. The standard InChI is InChI=1S/C20H20ClN3/c21-19-6-5-14-7-9-22-10-8-18(14)20(19)24-13-17-11-15-3-1-2-4-16(15)12-23-17/h1-6,11-12,22,24H,7-10,13H2. The SMILES string of the molecule is Clc1ccc2c(c1NCc1cc3ccccc3cn1)CCNCC2. The molecule has 1 aliphatic rings. The Kier molecular flexibility index (Phi) is 4.37. The van der Waals surface area contributed by atoms with Crippen LogP contribution < -0.4 is 10.6 Å². The van der Waals surface area contributed by atoms with Gasteiger partial charge in [-0.05, 0) is 54.6 Å². The number of nitrogens with one attached hydrogen (secondary N) is 2. The first-order chi connectivity index (χ1) is 11.8. The predicted octanol–water partition coefficient (Wildman–Crippen LogP) is 4.19. The molecule has 0 spiro atoms. The second kappa shape index (κ2) is 6.80. The van der Waals surface area contributed by atoms with Crippen molar-refractivity contribution in [1.82, 2.24) is 10.3 Å². The monoisotopic (exact) mass is 337 g/mol. The summed E-state index contributed by atoms with van der Waals surface area (Å²) in [6.07, 6.45) is 3.99. The zero-order valence-corrected chi connectivity index (χ0v) is 14.2. The minimum atomic E-state index is 0.675. The maximum Gasteiger partial charge on any atom is 0.0640 e. The third-order valence-corrected chi connectivity index (χ3v) is 4.93. The van der Waals surface area contributed by atoms with Crippen molar-refractivity contribution in [2.24, 2.45) is 0 Å². The van der Waals surface area contributed by atoms with Crippen molar-refractivity contribution in [2.75, 3.05) is 18.4 Å². The van der Waals surface area contributed by atoms with E-state index in [1.165, 1.54) is 21.9 Å². The molecule has 1 aromatic heterocycles. The van der Waals surface area contributed by atoms with Crippen LogP contribution in [0.3, 0.4) is 0 Å². The number of hydrogen-bond acceptors (Lipinski definition) is 3. The minimum absolute atomic E-state index is 0.675. The number of rotatable bonds is 3. The van der Waals surface area contributed by atoms with E-state index in [0.717, 1.165) is 42.3 Å². The highest BCUT2D eigenvalue weighted by molar-refractivity contribution is 6.33. The number of aromatic nitrogens is 1.